The Labute approximate surface area is 205 Å². The van der Waals surface area contributed by atoms with Gasteiger partial charge in [0, 0.05) is 31.0 Å². The normalized spacial score (nSPS) is 22.5. The summed E-state index contributed by atoms with van der Waals surface area (Å²) in [6, 6.07) is 8.50. The molecule has 1 saturated heterocycles. The monoisotopic (exact) mass is 477 g/mol. The molecule has 1 saturated carbocycles. The number of nitrogen functional groups attached to an aromatic ring is 1. The minimum absolute atomic E-state index is 0.270. The predicted molar refractivity (Wildman–Crippen MR) is 139 cm³/mol. The van der Waals surface area contributed by atoms with Crippen molar-refractivity contribution in [3.8, 4) is 0 Å². The highest BCUT2D eigenvalue weighted by Crippen LogP contribution is 2.49. The van der Waals surface area contributed by atoms with E-state index in [1.165, 1.54) is 11.1 Å². The maximum Gasteiger partial charge on any atom is 0.152 e. The van der Waals surface area contributed by atoms with Crippen molar-refractivity contribution < 1.29 is 9.18 Å². The van der Waals surface area contributed by atoms with Crippen molar-refractivity contribution in [2.75, 3.05) is 23.7 Å². The molecule has 6 heteroatoms. The molecule has 4 nitrogen and oxygen atoms in total. The van der Waals surface area contributed by atoms with Gasteiger partial charge in [0.05, 0.1) is 16.4 Å². The van der Waals surface area contributed by atoms with Gasteiger partial charge in [-0.1, -0.05) is 36.4 Å². The number of nitrogens with zero attached hydrogens (tertiary/aromatic N) is 2. The SMILES string of the molecule is C=CC1=CCCC(F)C1C(=C1CC1)c1sc(CCc2ccc(N3CCCC(=O)C3)cc2)nc1N. The van der Waals surface area contributed by atoms with Crippen LogP contribution in [0.5, 0.6) is 0 Å². The number of hydrogen-bond donors (Lipinski definition) is 1. The highest BCUT2D eigenvalue weighted by Gasteiger charge is 2.36. The van der Waals surface area contributed by atoms with Crippen LogP contribution in [0.25, 0.3) is 5.57 Å². The lowest BCUT2D eigenvalue weighted by Gasteiger charge is -2.28. The Balaban J connectivity index is 1.30. The smallest absolute Gasteiger partial charge is 0.152 e. The summed E-state index contributed by atoms with van der Waals surface area (Å²) in [5, 5.41) is 0.993. The third kappa shape index (κ3) is 4.88. The lowest BCUT2D eigenvalue weighted by molar-refractivity contribution is -0.118. The molecule has 0 radical (unpaired) electrons. The second kappa shape index (κ2) is 9.87. The van der Waals surface area contributed by atoms with Gasteiger partial charge in [0.25, 0.3) is 0 Å². The van der Waals surface area contributed by atoms with Crippen molar-refractivity contribution in [1.29, 1.82) is 0 Å². The van der Waals surface area contributed by atoms with E-state index in [4.69, 9.17) is 5.73 Å². The van der Waals surface area contributed by atoms with Gasteiger partial charge in [-0.05, 0) is 67.4 Å². The molecule has 2 aliphatic carbocycles. The molecule has 2 heterocycles. The van der Waals surface area contributed by atoms with Crippen LogP contribution < -0.4 is 10.6 Å². The maximum atomic E-state index is 15.1. The third-order valence-electron chi connectivity index (χ3n) is 7.09. The first-order valence-corrected chi connectivity index (χ1v) is 13.1. The number of hydrogen-bond acceptors (Lipinski definition) is 5. The molecule has 2 fully saturated rings. The number of nitrogens with two attached hydrogens (primary N) is 1. The number of carbonyl (C=O) groups excluding carboxylic acids is 1. The third-order valence-corrected chi connectivity index (χ3v) is 8.26. The maximum absolute atomic E-state index is 15.1. The van der Waals surface area contributed by atoms with Crippen molar-refractivity contribution in [3.63, 3.8) is 0 Å². The van der Waals surface area contributed by atoms with Crippen LogP contribution in [0.4, 0.5) is 15.9 Å². The highest BCUT2D eigenvalue weighted by atomic mass is 32.1. The van der Waals surface area contributed by atoms with Crippen LogP contribution in [0.15, 0.2) is 54.1 Å². The first kappa shape index (κ1) is 23.0. The van der Waals surface area contributed by atoms with Crippen LogP contribution in [0.2, 0.25) is 0 Å². The number of allylic oxidation sites excluding steroid dienone is 5. The number of aryl methyl sites for hydroxylation is 2. The van der Waals surface area contributed by atoms with Crippen LogP contribution in [-0.2, 0) is 17.6 Å². The van der Waals surface area contributed by atoms with Crippen molar-refractivity contribution >= 4 is 34.2 Å². The average molecular weight is 478 g/mol. The molecule has 1 aromatic carbocycles. The zero-order valence-corrected chi connectivity index (χ0v) is 20.4. The molecule has 178 valence electrons. The number of alkyl halides is 1. The largest absolute Gasteiger partial charge is 0.382 e. The minimum atomic E-state index is -0.903. The molecule has 2 atom stereocenters. The number of Topliss-reactive ketones (excluding diaryl/α,β-unsaturated/α-hetero) is 1. The van der Waals surface area contributed by atoms with Crippen LogP contribution in [0.3, 0.4) is 0 Å². The fourth-order valence-corrected chi connectivity index (χ4v) is 6.30. The number of halogens is 1. The zero-order valence-electron chi connectivity index (χ0n) is 19.6. The fourth-order valence-electron chi connectivity index (χ4n) is 5.18. The number of thiazole rings is 1. The van der Waals surface area contributed by atoms with Gasteiger partial charge in [-0.25, -0.2) is 9.37 Å². The molecule has 2 N–H and O–H groups in total. The van der Waals surface area contributed by atoms with Gasteiger partial charge in [-0.2, -0.15) is 0 Å². The fraction of sp³-hybridized carbons (Fsp3) is 0.429. The Morgan fingerprint density at radius 3 is 2.74 bits per heavy atom. The van der Waals surface area contributed by atoms with E-state index in [1.54, 1.807) is 17.4 Å². The van der Waals surface area contributed by atoms with E-state index in [9.17, 15) is 4.79 Å². The summed E-state index contributed by atoms with van der Waals surface area (Å²) in [7, 11) is 0. The van der Waals surface area contributed by atoms with Crippen molar-refractivity contribution in [3.05, 3.63) is 69.6 Å². The molecule has 0 amide bonds. The molecule has 5 rings (SSSR count). The Morgan fingerprint density at radius 2 is 2.03 bits per heavy atom. The number of carbonyl (C=O) groups is 1. The standard InChI is InChI=1S/C28H32FN3OS/c1-2-19-5-3-7-23(29)25(19)26(20-11-12-20)27-28(30)31-24(34-27)15-10-18-8-13-21(14-9-18)32-16-4-6-22(33)17-32/h2,5,8-9,13-14,23,25H,1,3-4,6-7,10-12,15-17,30H2. The lowest BCUT2D eigenvalue weighted by Crippen LogP contribution is -2.35. The van der Waals surface area contributed by atoms with E-state index in [0.717, 1.165) is 71.8 Å². The first-order valence-electron chi connectivity index (χ1n) is 12.3. The Morgan fingerprint density at radius 1 is 1.24 bits per heavy atom. The van der Waals surface area contributed by atoms with Gasteiger partial charge >= 0.3 is 0 Å². The molecule has 0 spiro atoms. The Kier molecular flexibility index (Phi) is 6.68. The lowest BCUT2D eigenvalue weighted by atomic mass is 9.79. The van der Waals surface area contributed by atoms with Gasteiger partial charge in [0.15, 0.2) is 5.78 Å². The summed E-state index contributed by atoms with van der Waals surface area (Å²) in [4.78, 5) is 19.5. The van der Waals surface area contributed by atoms with Crippen molar-refractivity contribution in [1.82, 2.24) is 4.98 Å². The van der Waals surface area contributed by atoms with E-state index in [2.05, 4.69) is 46.8 Å². The van der Waals surface area contributed by atoms with Gasteiger partial charge in [-0.3, -0.25) is 4.79 Å². The number of aromatic nitrogens is 1. The van der Waals surface area contributed by atoms with E-state index in [1.807, 2.05) is 0 Å². The Hall–Kier alpha value is -2.73. The van der Waals surface area contributed by atoms with Crippen LogP contribution in [-0.4, -0.2) is 30.0 Å². The number of anilines is 2. The van der Waals surface area contributed by atoms with Crippen molar-refractivity contribution in [2.45, 2.75) is 57.5 Å². The van der Waals surface area contributed by atoms with E-state index >= 15 is 4.39 Å². The molecular formula is C28H32FN3OS. The summed E-state index contributed by atoms with van der Waals surface area (Å²) in [6.07, 6.45) is 9.67. The second-order valence-electron chi connectivity index (χ2n) is 9.55. The summed E-state index contributed by atoms with van der Waals surface area (Å²) >= 11 is 1.62. The number of ketones is 1. The molecular weight excluding hydrogens is 445 g/mol. The summed E-state index contributed by atoms with van der Waals surface area (Å²) < 4.78 is 15.1. The molecule has 0 bridgehead atoms. The van der Waals surface area contributed by atoms with Crippen molar-refractivity contribution in [2.24, 2.45) is 5.92 Å². The molecule has 2 unspecified atom stereocenters. The van der Waals surface area contributed by atoms with Gasteiger partial charge < -0.3 is 10.6 Å². The Bertz CT molecular complexity index is 1140. The summed E-state index contributed by atoms with van der Waals surface area (Å²) in [6.45, 7) is 5.39. The second-order valence-corrected chi connectivity index (χ2v) is 10.6. The summed E-state index contributed by atoms with van der Waals surface area (Å²) in [5.74, 6) is 0.574. The number of rotatable bonds is 7. The van der Waals surface area contributed by atoms with Gasteiger partial charge in [-0.15, -0.1) is 11.3 Å². The average Bonchev–Trinajstić information content (AvgIpc) is 3.61. The van der Waals surface area contributed by atoms with Gasteiger partial charge in [0.1, 0.15) is 12.0 Å². The number of benzene rings is 1. The van der Waals surface area contributed by atoms with Crippen LogP contribution in [0, 0.1) is 5.92 Å². The molecule has 2 aromatic rings. The van der Waals surface area contributed by atoms with E-state index in [0.29, 0.717) is 31.0 Å². The van der Waals surface area contributed by atoms with Crippen LogP contribution in [0.1, 0.15) is 54.0 Å². The minimum Gasteiger partial charge on any atom is -0.382 e. The highest BCUT2D eigenvalue weighted by molar-refractivity contribution is 7.13. The molecule has 3 aliphatic rings. The topological polar surface area (TPSA) is 59.2 Å². The van der Waals surface area contributed by atoms with E-state index in [-0.39, 0.29) is 5.92 Å². The molecule has 1 aliphatic heterocycles. The van der Waals surface area contributed by atoms with Crippen LogP contribution >= 0.6 is 11.3 Å². The molecule has 1 aromatic heterocycles. The quantitative estimate of drug-likeness (QED) is 0.524. The summed E-state index contributed by atoms with van der Waals surface area (Å²) in [5.41, 5.74) is 12.1. The first-order chi connectivity index (χ1) is 16.5. The molecule has 34 heavy (non-hydrogen) atoms. The van der Waals surface area contributed by atoms with Gasteiger partial charge in [0.2, 0.25) is 0 Å². The zero-order chi connectivity index (χ0) is 23.7. The van der Waals surface area contributed by atoms with E-state index < -0.39 is 6.17 Å². The predicted octanol–water partition coefficient (Wildman–Crippen LogP) is 6.09. The number of piperidine rings is 1.